The largest absolute Gasteiger partial charge is 0.427 e. The Bertz CT molecular complexity index is 901. The van der Waals surface area contributed by atoms with E-state index in [1.165, 1.54) is 101 Å². The number of hydrogen-bond acceptors (Lipinski definition) is 6. The van der Waals surface area contributed by atoms with E-state index in [0.717, 1.165) is 24.3 Å². The van der Waals surface area contributed by atoms with E-state index in [1.807, 2.05) is 24.3 Å². The van der Waals surface area contributed by atoms with Crippen molar-refractivity contribution < 1.29 is 27.1 Å². The van der Waals surface area contributed by atoms with Crippen molar-refractivity contribution in [1.82, 2.24) is 0 Å². The monoisotopic (exact) mass is 632 g/mol. The smallest absolute Gasteiger partial charge is 0.397 e. The van der Waals surface area contributed by atoms with E-state index in [4.69, 9.17) is 27.1 Å². The second-order valence-corrected chi connectivity index (χ2v) is 14.5. The van der Waals surface area contributed by atoms with Gasteiger partial charge in [-0.2, -0.15) is 0 Å². The topological polar surface area (TPSA) is 55.4 Å². The van der Waals surface area contributed by atoms with Crippen LogP contribution in [0.1, 0.15) is 115 Å². The molecule has 0 radical (unpaired) electrons. The standard InChI is InChI=1S/C35H54O6P2/c1-3-5-7-9-11-13-15-17-31-19-23-33(24-20-31)40-42-36-27-35(28-37-42)29-38-43(39-30-35)41-34-25-21-32(22-26-34)18-16-14-12-10-8-6-4-2/h19-26H,3-18,27-30H2,1-2H3. The maximum atomic E-state index is 6.00. The van der Waals surface area contributed by atoms with Gasteiger partial charge in [0.1, 0.15) is 11.5 Å². The highest BCUT2D eigenvalue weighted by Gasteiger charge is 2.44. The summed E-state index contributed by atoms with van der Waals surface area (Å²) in [5, 5.41) is 0. The van der Waals surface area contributed by atoms with Crippen molar-refractivity contribution in [1.29, 1.82) is 0 Å². The van der Waals surface area contributed by atoms with Gasteiger partial charge in [0.2, 0.25) is 0 Å². The first-order valence-electron chi connectivity index (χ1n) is 16.8. The molecule has 0 saturated carbocycles. The Balaban J connectivity index is 1.07. The lowest BCUT2D eigenvalue weighted by Gasteiger charge is -2.41. The van der Waals surface area contributed by atoms with Crippen LogP contribution in [-0.4, -0.2) is 26.4 Å². The predicted molar refractivity (Wildman–Crippen MR) is 178 cm³/mol. The van der Waals surface area contributed by atoms with E-state index in [0.29, 0.717) is 26.4 Å². The molecule has 2 aromatic rings. The van der Waals surface area contributed by atoms with Gasteiger partial charge in [-0.15, -0.1) is 0 Å². The Labute approximate surface area is 263 Å². The van der Waals surface area contributed by atoms with E-state index >= 15 is 0 Å². The van der Waals surface area contributed by atoms with Gasteiger partial charge in [0.05, 0.1) is 31.8 Å². The van der Waals surface area contributed by atoms with E-state index in [1.54, 1.807) is 0 Å². The molecule has 0 bridgehead atoms. The summed E-state index contributed by atoms with van der Waals surface area (Å²) in [6.07, 6.45) is 20.9. The van der Waals surface area contributed by atoms with Gasteiger partial charge in [0, 0.05) is 0 Å². The van der Waals surface area contributed by atoms with Crippen LogP contribution in [0.3, 0.4) is 0 Å². The zero-order chi connectivity index (χ0) is 30.0. The molecule has 2 fully saturated rings. The van der Waals surface area contributed by atoms with Crippen LogP contribution in [0.4, 0.5) is 0 Å². The molecular weight excluding hydrogens is 578 g/mol. The average molecular weight is 633 g/mol. The molecule has 4 rings (SSSR count). The number of benzene rings is 2. The third-order valence-corrected chi connectivity index (χ3v) is 10.3. The van der Waals surface area contributed by atoms with Gasteiger partial charge < -0.3 is 27.1 Å². The van der Waals surface area contributed by atoms with Crippen LogP contribution in [0.5, 0.6) is 11.5 Å². The molecule has 1 spiro atoms. The summed E-state index contributed by atoms with van der Waals surface area (Å²) in [4.78, 5) is 0. The maximum absolute atomic E-state index is 6.00. The molecule has 0 amide bonds. The number of hydrogen-bond donors (Lipinski definition) is 0. The summed E-state index contributed by atoms with van der Waals surface area (Å²) >= 11 is 0. The van der Waals surface area contributed by atoms with Crippen molar-refractivity contribution >= 4 is 17.2 Å². The second-order valence-electron chi connectivity index (χ2n) is 12.3. The van der Waals surface area contributed by atoms with E-state index in [-0.39, 0.29) is 5.41 Å². The number of aryl methyl sites for hydroxylation is 2. The summed E-state index contributed by atoms with van der Waals surface area (Å²) in [6, 6.07) is 16.7. The van der Waals surface area contributed by atoms with E-state index in [9.17, 15) is 0 Å². The Morgan fingerprint density at radius 3 is 1.16 bits per heavy atom. The van der Waals surface area contributed by atoms with Crippen LogP contribution in [-0.2, 0) is 30.9 Å². The summed E-state index contributed by atoms with van der Waals surface area (Å²) in [7, 11) is -2.86. The molecule has 6 nitrogen and oxygen atoms in total. The van der Waals surface area contributed by atoms with Crippen molar-refractivity contribution in [2.75, 3.05) is 26.4 Å². The van der Waals surface area contributed by atoms with Gasteiger partial charge in [0.25, 0.3) is 0 Å². The molecule has 2 aromatic carbocycles. The van der Waals surface area contributed by atoms with Gasteiger partial charge in [-0.1, -0.05) is 115 Å². The zero-order valence-corrected chi connectivity index (χ0v) is 28.4. The molecule has 0 unspecified atom stereocenters. The lowest BCUT2D eigenvalue weighted by molar-refractivity contribution is -0.0672. The highest BCUT2D eigenvalue weighted by molar-refractivity contribution is 7.42. The van der Waals surface area contributed by atoms with Crippen LogP contribution < -0.4 is 9.05 Å². The highest BCUT2D eigenvalue weighted by Crippen LogP contribution is 2.53. The molecule has 2 heterocycles. The Kier molecular flexibility index (Phi) is 16.1. The minimum Gasteiger partial charge on any atom is -0.427 e. The highest BCUT2D eigenvalue weighted by atomic mass is 31.2. The van der Waals surface area contributed by atoms with Crippen LogP contribution in [0.25, 0.3) is 0 Å². The molecule has 2 aliphatic heterocycles. The van der Waals surface area contributed by atoms with Crippen LogP contribution >= 0.6 is 17.2 Å². The first-order valence-corrected chi connectivity index (χ1v) is 19.0. The molecule has 2 aliphatic rings. The lowest BCUT2D eigenvalue weighted by Crippen LogP contribution is -2.45. The number of rotatable bonds is 20. The first kappa shape index (κ1) is 34.6. The minimum atomic E-state index is -1.43. The van der Waals surface area contributed by atoms with E-state index < -0.39 is 17.2 Å². The molecule has 2 saturated heterocycles. The predicted octanol–water partition coefficient (Wildman–Crippen LogP) is 11.3. The molecule has 43 heavy (non-hydrogen) atoms. The summed E-state index contributed by atoms with van der Waals surface area (Å²) < 4.78 is 35.9. The molecule has 0 atom stereocenters. The van der Waals surface area contributed by atoms with Crippen molar-refractivity contribution in [3.63, 3.8) is 0 Å². The summed E-state index contributed by atoms with van der Waals surface area (Å²) in [5.74, 6) is 1.57. The van der Waals surface area contributed by atoms with Crippen molar-refractivity contribution in [2.24, 2.45) is 5.41 Å². The summed E-state index contributed by atoms with van der Waals surface area (Å²) in [6.45, 7) is 6.44. The zero-order valence-electron chi connectivity index (χ0n) is 26.6. The van der Waals surface area contributed by atoms with Crippen LogP contribution in [0.15, 0.2) is 48.5 Å². The fourth-order valence-corrected chi connectivity index (χ4v) is 7.83. The van der Waals surface area contributed by atoms with Gasteiger partial charge in [-0.25, -0.2) is 0 Å². The van der Waals surface area contributed by atoms with Gasteiger partial charge in [0.15, 0.2) is 0 Å². The normalized spacial score (nSPS) is 22.1. The minimum absolute atomic E-state index is 0.328. The average Bonchev–Trinajstić information content (AvgIpc) is 3.04. The Morgan fingerprint density at radius 1 is 0.488 bits per heavy atom. The molecule has 8 heteroatoms. The second kappa shape index (κ2) is 20.0. The summed E-state index contributed by atoms with van der Waals surface area (Å²) in [5.41, 5.74) is 2.38. The van der Waals surface area contributed by atoms with Gasteiger partial charge in [-0.3, -0.25) is 0 Å². The fourth-order valence-electron chi connectivity index (χ4n) is 5.37. The van der Waals surface area contributed by atoms with Gasteiger partial charge in [-0.05, 0) is 61.1 Å². The first-order chi connectivity index (χ1) is 21.2. The Morgan fingerprint density at radius 2 is 0.814 bits per heavy atom. The van der Waals surface area contributed by atoms with Crippen LogP contribution in [0, 0.1) is 5.41 Å². The van der Waals surface area contributed by atoms with Crippen molar-refractivity contribution in [3.8, 4) is 11.5 Å². The molecular formula is C35H54O6P2. The molecule has 0 N–H and O–H groups in total. The molecule has 240 valence electrons. The Hall–Kier alpha value is -1.26. The quantitative estimate of drug-likeness (QED) is 0.107. The molecule has 0 aromatic heterocycles. The van der Waals surface area contributed by atoms with E-state index in [2.05, 4.69) is 38.1 Å². The number of unbranched alkanes of at least 4 members (excludes halogenated alkanes) is 12. The lowest BCUT2D eigenvalue weighted by atomic mass is 9.93. The van der Waals surface area contributed by atoms with Crippen molar-refractivity contribution in [3.05, 3.63) is 59.7 Å². The third kappa shape index (κ3) is 12.9. The van der Waals surface area contributed by atoms with Crippen LogP contribution in [0.2, 0.25) is 0 Å². The van der Waals surface area contributed by atoms with Crippen molar-refractivity contribution in [2.45, 2.75) is 117 Å². The SMILES string of the molecule is CCCCCCCCCc1ccc(OP2OCC3(CO2)COP(Oc2ccc(CCCCCCCCC)cc2)OC3)cc1. The molecule has 0 aliphatic carbocycles. The third-order valence-electron chi connectivity index (χ3n) is 8.25. The van der Waals surface area contributed by atoms with Gasteiger partial charge >= 0.3 is 17.2 Å². The fraction of sp³-hybridized carbons (Fsp3) is 0.657. The maximum Gasteiger partial charge on any atom is 0.397 e.